The Balaban J connectivity index is 1.68. The predicted octanol–water partition coefficient (Wildman–Crippen LogP) is 4.38. The lowest BCUT2D eigenvalue weighted by molar-refractivity contribution is -0.126. The van der Waals surface area contributed by atoms with Crippen LogP contribution in [-0.4, -0.2) is 44.8 Å². The summed E-state index contributed by atoms with van der Waals surface area (Å²) in [5.41, 5.74) is 1.78. The van der Waals surface area contributed by atoms with Gasteiger partial charge in [0.1, 0.15) is 0 Å². The minimum Gasteiger partial charge on any atom is -0.356 e. The van der Waals surface area contributed by atoms with E-state index in [4.69, 9.17) is 0 Å². The zero-order valence-electron chi connectivity index (χ0n) is 20.2. The number of likely N-dealkylation sites (tertiary alicyclic amines) is 1. The predicted molar refractivity (Wildman–Crippen MR) is 134 cm³/mol. The highest BCUT2D eigenvalue weighted by Crippen LogP contribution is 2.23. The van der Waals surface area contributed by atoms with Gasteiger partial charge in [-0.15, -0.1) is 0 Å². The van der Waals surface area contributed by atoms with E-state index in [0.717, 1.165) is 31.2 Å². The lowest BCUT2D eigenvalue weighted by Crippen LogP contribution is -2.45. The normalized spacial score (nSPS) is 16.4. The molecule has 1 fully saturated rings. The summed E-state index contributed by atoms with van der Waals surface area (Å²) >= 11 is 0. The molecular formula is C26H35N3O4S. The number of rotatable bonds is 9. The SMILES string of the molecule is CCCCNC(=O)[C@@H]1CCCN(C(=O)c2cccc(NS(=O)(=O)c3ccc(C(C)C)cc3)c2)C1. The average molecular weight is 486 g/mol. The Morgan fingerprint density at radius 3 is 2.53 bits per heavy atom. The number of piperidine rings is 1. The van der Waals surface area contributed by atoms with Gasteiger partial charge in [-0.1, -0.05) is 45.4 Å². The number of anilines is 1. The molecule has 1 aliphatic heterocycles. The van der Waals surface area contributed by atoms with Gasteiger partial charge in [-0.2, -0.15) is 0 Å². The van der Waals surface area contributed by atoms with Crippen LogP contribution in [-0.2, 0) is 14.8 Å². The summed E-state index contributed by atoms with van der Waals surface area (Å²) in [6.45, 7) is 7.78. The van der Waals surface area contributed by atoms with Crippen molar-refractivity contribution in [3.8, 4) is 0 Å². The standard InChI is InChI=1S/C26H35N3O4S/c1-4-5-15-27-25(30)22-9-7-16-29(18-22)26(31)21-8-6-10-23(17-21)28-34(32,33)24-13-11-20(12-14-24)19(2)3/h6,8,10-14,17,19,22,28H,4-5,7,9,15-16,18H2,1-3H3,(H,27,30)/t22-/m1/s1. The van der Waals surface area contributed by atoms with Gasteiger partial charge < -0.3 is 10.2 Å². The number of hydrogen-bond donors (Lipinski definition) is 2. The molecule has 7 nitrogen and oxygen atoms in total. The lowest BCUT2D eigenvalue weighted by atomic mass is 9.96. The molecule has 0 saturated carbocycles. The van der Waals surface area contributed by atoms with E-state index in [2.05, 4.69) is 17.0 Å². The fourth-order valence-corrected chi connectivity index (χ4v) is 5.10. The van der Waals surface area contributed by atoms with Crippen LogP contribution in [0.15, 0.2) is 53.4 Å². The van der Waals surface area contributed by atoms with Crippen molar-refractivity contribution < 1.29 is 18.0 Å². The van der Waals surface area contributed by atoms with Crippen molar-refractivity contribution in [2.24, 2.45) is 5.92 Å². The van der Waals surface area contributed by atoms with Crippen LogP contribution in [0.4, 0.5) is 5.69 Å². The van der Waals surface area contributed by atoms with E-state index >= 15 is 0 Å². The van der Waals surface area contributed by atoms with Crippen LogP contribution in [0.3, 0.4) is 0 Å². The summed E-state index contributed by atoms with van der Waals surface area (Å²) in [5, 5.41) is 2.96. The first-order chi connectivity index (χ1) is 16.2. The number of amides is 2. The quantitative estimate of drug-likeness (QED) is 0.515. The second kappa shape index (κ2) is 11.5. The van der Waals surface area contributed by atoms with E-state index in [-0.39, 0.29) is 22.6 Å². The molecule has 0 spiro atoms. The number of unbranched alkanes of at least 4 members (excludes halogenated alkanes) is 1. The largest absolute Gasteiger partial charge is 0.356 e. The van der Waals surface area contributed by atoms with Crippen LogP contribution in [0.25, 0.3) is 0 Å². The van der Waals surface area contributed by atoms with Crippen LogP contribution in [0.5, 0.6) is 0 Å². The third-order valence-corrected chi connectivity index (χ3v) is 7.52. The van der Waals surface area contributed by atoms with Crippen molar-refractivity contribution in [2.75, 3.05) is 24.4 Å². The Labute approximate surface area is 203 Å². The van der Waals surface area contributed by atoms with E-state index in [1.54, 1.807) is 41.3 Å². The van der Waals surface area contributed by atoms with Gasteiger partial charge in [-0.25, -0.2) is 8.42 Å². The highest BCUT2D eigenvalue weighted by molar-refractivity contribution is 7.92. The molecule has 8 heteroatoms. The smallest absolute Gasteiger partial charge is 0.261 e. The average Bonchev–Trinajstić information content (AvgIpc) is 2.83. The van der Waals surface area contributed by atoms with Crippen molar-refractivity contribution in [1.29, 1.82) is 0 Å². The maximum Gasteiger partial charge on any atom is 0.261 e. The molecule has 34 heavy (non-hydrogen) atoms. The molecule has 1 heterocycles. The third kappa shape index (κ3) is 6.59. The van der Waals surface area contributed by atoms with Gasteiger partial charge in [0.05, 0.1) is 10.8 Å². The number of sulfonamides is 1. The Bertz CT molecular complexity index is 1100. The molecule has 184 valence electrons. The molecule has 2 N–H and O–H groups in total. The van der Waals surface area contributed by atoms with E-state index in [9.17, 15) is 18.0 Å². The van der Waals surface area contributed by atoms with E-state index in [1.807, 2.05) is 26.0 Å². The van der Waals surface area contributed by atoms with Gasteiger partial charge in [0.2, 0.25) is 5.91 Å². The molecule has 0 unspecified atom stereocenters. The topological polar surface area (TPSA) is 95.6 Å². The Kier molecular flexibility index (Phi) is 8.72. The van der Waals surface area contributed by atoms with Crippen molar-refractivity contribution >= 4 is 27.5 Å². The zero-order chi connectivity index (χ0) is 24.7. The molecule has 1 aliphatic rings. The number of nitrogens with zero attached hydrogens (tertiary/aromatic N) is 1. The highest BCUT2D eigenvalue weighted by Gasteiger charge is 2.29. The summed E-state index contributed by atoms with van der Waals surface area (Å²) in [4.78, 5) is 27.4. The van der Waals surface area contributed by atoms with Gasteiger partial charge >= 0.3 is 0 Å². The number of hydrogen-bond acceptors (Lipinski definition) is 4. The minimum atomic E-state index is -3.78. The summed E-state index contributed by atoms with van der Waals surface area (Å²) in [6.07, 6.45) is 3.47. The molecule has 2 aromatic carbocycles. The zero-order valence-corrected chi connectivity index (χ0v) is 21.0. The lowest BCUT2D eigenvalue weighted by Gasteiger charge is -2.32. The number of nitrogens with one attached hydrogen (secondary N) is 2. The maximum atomic E-state index is 13.1. The Hall–Kier alpha value is -2.87. The van der Waals surface area contributed by atoms with E-state index < -0.39 is 10.0 Å². The minimum absolute atomic E-state index is 0.00375. The number of benzene rings is 2. The van der Waals surface area contributed by atoms with Crippen molar-refractivity contribution in [2.45, 2.75) is 57.3 Å². The van der Waals surface area contributed by atoms with Gasteiger partial charge in [0.25, 0.3) is 15.9 Å². The van der Waals surface area contributed by atoms with Crippen LogP contribution in [0.1, 0.15) is 68.3 Å². The van der Waals surface area contributed by atoms with Gasteiger partial charge in [0.15, 0.2) is 0 Å². The molecular weight excluding hydrogens is 450 g/mol. The van der Waals surface area contributed by atoms with Gasteiger partial charge in [0, 0.05) is 30.9 Å². The first-order valence-electron chi connectivity index (χ1n) is 12.0. The van der Waals surface area contributed by atoms with Crippen molar-refractivity contribution in [3.05, 3.63) is 59.7 Å². The van der Waals surface area contributed by atoms with Crippen LogP contribution in [0.2, 0.25) is 0 Å². The van der Waals surface area contributed by atoms with Crippen molar-refractivity contribution in [1.82, 2.24) is 10.2 Å². The van der Waals surface area contributed by atoms with Crippen LogP contribution < -0.4 is 10.0 Å². The first-order valence-corrected chi connectivity index (χ1v) is 13.5. The Morgan fingerprint density at radius 2 is 1.85 bits per heavy atom. The van der Waals surface area contributed by atoms with E-state index in [1.165, 1.54) is 0 Å². The second-order valence-electron chi connectivity index (χ2n) is 9.14. The second-order valence-corrected chi connectivity index (χ2v) is 10.8. The van der Waals surface area contributed by atoms with Crippen molar-refractivity contribution in [3.63, 3.8) is 0 Å². The van der Waals surface area contributed by atoms with Crippen LogP contribution >= 0.6 is 0 Å². The highest BCUT2D eigenvalue weighted by atomic mass is 32.2. The van der Waals surface area contributed by atoms with Gasteiger partial charge in [-0.3, -0.25) is 14.3 Å². The molecule has 0 radical (unpaired) electrons. The molecule has 0 aromatic heterocycles. The summed E-state index contributed by atoms with van der Waals surface area (Å²) in [5.74, 6) is -0.112. The third-order valence-electron chi connectivity index (χ3n) is 6.13. The van der Waals surface area contributed by atoms with E-state index in [0.29, 0.717) is 36.8 Å². The number of carbonyl (C=O) groups is 2. The molecule has 1 atom stereocenters. The number of carbonyl (C=O) groups excluding carboxylic acids is 2. The summed E-state index contributed by atoms with van der Waals surface area (Å²) in [6, 6.07) is 13.3. The fraction of sp³-hybridized carbons (Fsp3) is 0.462. The van der Waals surface area contributed by atoms with Crippen LogP contribution in [0, 0.1) is 5.92 Å². The first kappa shape index (κ1) is 25.7. The monoisotopic (exact) mass is 485 g/mol. The maximum absolute atomic E-state index is 13.1. The molecule has 2 aromatic rings. The summed E-state index contributed by atoms with van der Waals surface area (Å²) in [7, 11) is -3.78. The Morgan fingerprint density at radius 1 is 1.12 bits per heavy atom. The molecule has 2 amide bonds. The molecule has 0 aliphatic carbocycles. The molecule has 1 saturated heterocycles. The molecule has 3 rings (SSSR count). The van der Waals surface area contributed by atoms with Gasteiger partial charge in [-0.05, 0) is 61.1 Å². The fourth-order valence-electron chi connectivity index (χ4n) is 4.05. The molecule has 0 bridgehead atoms. The summed E-state index contributed by atoms with van der Waals surface area (Å²) < 4.78 is 28.3.